The van der Waals surface area contributed by atoms with Crippen molar-refractivity contribution in [2.45, 2.75) is 37.2 Å². The summed E-state index contributed by atoms with van der Waals surface area (Å²) in [5.74, 6) is -2.00. The number of piperidine rings is 1. The summed E-state index contributed by atoms with van der Waals surface area (Å²) < 4.78 is 60.4. The number of likely N-dealkylation sites (tertiary alicyclic amines) is 1. The minimum Gasteiger partial charge on any atom is -0.482 e. The Morgan fingerprint density at radius 3 is 2.39 bits per heavy atom. The highest BCUT2D eigenvalue weighted by Crippen LogP contribution is 2.43. The average molecular weight is 502 g/mol. The van der Waals surface area contributed by atoms with Crippen LogP contribution >= 0.6 is 34.8 Å². The van der Waals surface area contributed by atoms with E-state index in [-0.39, 0.29) is 51.6 Å². The van der Waals surface area contributed by atoms with Crippen LogP contribution in [0.1, 0.15) is 36.2 Å². The molecule has 1 aromatic carbocycles. The zero-order valence-corrected chi connectivity index (χ0v) is 18.5. The van der Waals surface area contributed by atoms with Gasteiger partial charge in [0, 0.05) is 35.5 Å². The number of aromatic amines is 1. The zero-order valence-electron chi connectivity index (χ0n) is 16.2. The molecule has 11 heteroatoms. The summed E-state index contributed by atoms with van der Waals surface area (Å²) in [6.07, 6.45) is -1.86. The number of aromatic nitrogens is 1. The third-order valence-electron chi connectivity index (χ3n) is 5.08. The van der Waals surface area contributed by atoms with Gasteiger partial charge in [-0.25, -0.2) is 4.39 Å². The molecule has 0 spiro atoms. The summed E-state index contributed by atoms with van der Waals surface area (Å²) in [5.41, 5.74) is -1.77. The van der Waals surface area contributed by atoms with E-state index in [0.29, 0.717) is 13.1 Å². The molecule has 1 aliphatic heterocycles. The zero-order chi connectivity index (χ0) is 22.8. The van der Waals surface area contributed by atoms with Crippen LogP contribution in [-0.2, 0) is 22.7 Å². The first kappa shape index (κ1) is 24.0. The van der Waals surface area contributed by atoms with Crippen LogP contribution in [0.25, 0.3) is 11.1 Å². The number of rotatable bonds is 6. The molecule has 0 unspecified atom stereocenters. The number of amides is 1. The summed E-state index contributed by atoms with van der Waals surface area (Å²) >= 11 is 17.7. The minimum absolute atomic E-state index is 0.0285. The van der Waals surface area contributed by atoms with Crippen molar-refractivity contribution in [3.8, 4) is 16.9 Å². The summed E-state index contributed by atoms with van der Waals surface area (Å²) in [4.78, 5) is 16.2. The van der Waals surface area contributed by atoms with Crippen LogP contribution in [0, 0.1) is 5.82 Å². The van der Waals surface area contributed by atoms with Gasteiger partial charge in [-0.15, -0.1) is 23.2 Å². The van der Waals surface area contributed by atoms with Crippen LogP contribution in [0.2, 0.25) is 5.02 Å². The molecule has 0 bridgehead atoms. The summed E-state index contributed by atoms with van der Waals surface area (Å²) in [6.45, 7) is 0.940. The number of halogens is 7. The Morgan fingerprint density at radius 2 is 1.81 bits per heavy atom. The van der Waals surface area contributed by atoms with Gasteiger partial charge in [0.2, 0.25) is 0 Å². The Morgan fingerprint density at radius 1 is 1.13 bits per heavy atom. The highest BCUT2D eigenvalue weighted by molar-refractivity contribution is 6.32. The lowest BCUT2D eigenvalue weighted by Crippen LogP contribution is -2.38. The molecule has 4 nitrogen and oxygen atoms in total. The molecule has 31 heavy (non-hydrogen) atoms. The molecule has 2 aromatic rings. The fourth-order valence-electron chi connectivity index (χ4n) is 3.60. The maximum atomic E-state index is 14.7. The van der Waals surface area contributed by atoms with Crippen molar-refractivity contribution < 1.29 is 27.1 Å². The third kappa shape index (κ3) is 5.23. The van der Waals surface area contributed by atoms with E-state index in [1.54, 1.807) is 4.90 Å². The van der Waals surface area contributed by atoms with Gasteiger partial charge in [0.15, 0.2) is 6.61 Å². The quantitative estimate of drug-likeness (QED) is 0.370. The van der Waals surface area contributed by atoms with E-state index in [1.165, 1.54) is 0 Å². The molecule has 1 aliphatic rings. The first-order valence-corrected chi connectivity index (χ1v) is 10.9. The minimum atomic E-state index is -4.73. The lowest BCUT2D eigenvalue weighted by molar-refractivity contribution is -0.141. The topological polar surface area (TPSA) is 45.3 Å². The number of nitrogens with one attached hydrogen (secondary N) is 1. The number of ether oxygens (including phenoxy) is 1. The Balaban J connectivity index is 1.96. The van der Waals surface area contributed by atoms with Crippen molar-refractivity contribution in [1.82, 2.24) is 9.88 Å². The van der Waals surface area contributed by atoms with Gasteiger partial charge in [-0.1, -0.05) is 11.6 Å². The number of carbonyl (C=O) groups excluding carboxylic acids is 1. The Hall–Kier alpha value is -1.64. The van der Waals surface area contributed by atoms with Crippen molar-refractivity contribution in [1.29, 1.82) is 0 Å². The van der Waals surface area contributed by atoms with Gasteiger partial charge >= 0.3 is 6.18 Å². The van der Waals surface area contributed by atoms with Crippen LogP contribution in [-0.4, -0.2) is 35.5 Å². The van der Waals surface area contributed by atoms with Crippen molar-refractivity contribution in [2.24, 2.45) is 0 Å². The second kappa shape index (κ2) is 9.88. The van der Waals surface area contributed by atoms with Crippen LogP contribution in [0.3, 0.4) is 0 Å². The van der Waals surface area contributed by atoms with E-state index in [4.69, 9.17) is 39.5 Å². The first-order chi connectivity index (χ1) is 14.7. The van der Waals surface area contributed by atoms with E-state index >= 15 is 0 Å². The Bertz CT molecular complexity index is 957. The highest BCUT2D eigenvalue weighted by atomic mass is 35.5. The second-order valence-electron chi connectivity index (χ2n) is 7.09. The number of carbonyl (C=O) groups is 1. The number of alkyl halides is 5. The van der Waals surface area contributed by atoms with Crippen molar-refractivity contribution in [3.63, 3.8) is 0 Å². The molecule has 0 aliphatic carbocycles. The maximum absolute atomic E-state index is 14.7. The van der Waals surface area contributed by atoms with E-state index < -0.39 is 23.6 Å². The molecule has 1 fully saturated rings. The number of hydrogen-bond donors (Lipinski definition) is 1. The van der Waals surface area contributed by atoms with Gasteiger partial charge < -0.3 is 14.6 Å². The lowest BCUT2D eigenvalue weighted by atomic mass is 10.00. The van der Waals surface area contributed by atoms with Crippen molar-refractivity contribution in [2.75, 3.05) is 19.7 Å². The third-order valence-corrected chi connectivity index (χ3v) is 5.91. The van der Waals surface area contributed by atoms with Gasteiger partial charge in [-0.3, -0.25) is 4.79 Å². The van der Waals surface area contributed by atoms with Gasteiger partial charge in [-0.05, 0) is 31.4 Å². The molecule has 1 amide bonds. The van der Waals surface area contributed by atoms with Crippen LogP contribution in [0.4, 0.5) is 17.6 Å². The van der Waals surface area contributed by atoms with Crippen molar-refractivity contribution >= 4 is 40.7 Å². The first-order valence-electron chi connectivity index (χ1n) is 9.50. The molecule has 1 N–H and O–H groups in total. The van der Waals surface area contributed by atoms with Gasteiger partial charge in [0.25, 0.3) is 5.91 Å². The van der Waals surface area contributed by atoms with E-state index in [0.717, 1.165) is 31.4 Å². The number of H-pyrrole nitrogens is 1. The van der Waals surface area contributed by atoms with Gasteiger partial charge in [0.1, 0.15) is 17.3 Å². The molecule has 2 heterocycles. The SMILES string of the molecule is O=C(COc1cc(-c2c(CCl)[nH]c(C(F)(F)F)c2CCl)c(F)cc1Cl)N1CCCCC1. The second-order valence-corrected chi connectivity index (χ2v) is 8.03. The van der Waals surface area contributed by atoms with E-state index in [2.05, 4.69) is 4.98 Å². The normalized spacial score (nSPS) is 14.7. The Kier molecular flexibility index (Phi) is 7.65. The fraction of sp³-hybridized carbons (Fsp3) is 0.450. The van der Waals surface area contributed by atoms with Gasteiger partial charge in [0.05, 0.1) is 16.8 Å². The van der Waals surface area contributed by atoms with Crippen LogP contribution < -0.4 is 4.74 Å². The molecule has 0 radical (unpaired) electrons. The smallest absolute Gasteiger partial charge is 0.431 e. The number of hydrogen-bond acceptors (Lipinski definition) is 2. The molecule has 0 atom stereocenters. The van der Waals surface area contributed by atoms with E-state index in [1.807, 2.05) is 0 Å². The standard InChI is InChI=1S/C20H19Cl3F4N2O2/c21-8-12-18(15(9-22)28-19(12)20(25,26)27)11-6-16(13(23)7-14(11)24)31-10-17(30)29-4-2-1-3-5-29/h6-7,28H,1-5,8-10H2. The number of benzene rings is 1. The average Bonchev–Trinajstić information content (AvgIpc) is 3.12. The predicted molar refractivity (Wildman–Crippen MR) is 111 cm³/mol. The molecular formula is C20H19Cl3F4N2O2. The predicted octanol–water partition coefficient (Wildman–Crippen LogP) is 6.36. The van der Waals surface area contributed by atoms with E-state index in [9.17, 15) is 22.4 Å². The molecule has 1 aromatic heterocycles. The molecule has 170 valence electrons. The largest absolute Gasteiger partial charge is 0.482 e. The highest BCUT2D eigenvalue weighted by Gasteiger charge is 2.38. The monoisotopic (exact) mass is 500 g/mol. The summed E-state index contributed by atoms with van der Waals surface area (Å²) in [6, 6.07) is 2.09. The fourth-order valence-corrected chi connectivity index (χ4v) is 4.27. The van der Waals surface area contributed by atoms with Crippen LogP contribution in [0.15, 0.2) is 12.1 Å². The summed E-state index contributed by atoms with van der Waals surface area (Å²) in [7, 11) is 0. The molecule has 0 saturated carbocycles. The Labute approximate surface area is 191 Å². The molecule has 3 rings (SSSR count). The summed E-state index contributed by atoms with van der Waals surface area (Å²) in [5, 5.41) is -0.112. The maximum Gasteiger partial charge on any atom is 0.431 e. The van der Waals surface area contributed by atoms with Gasteiger partial charge in [-0.2, -0.15) is 13.2 Å². The van der Waals surface area contributed by atoms with Crippen LogP contribution in [0.5, 0.6) is 5.75 Å². The molecule has 1 saturated heterocycles. The molecular weight excluding hydrogens is 483 g/mol. The lowest BCUT2D eigenvalue weighted by Gasteiger charge is -2.26. The number of nitrogens with zero attached hydrogens (tertiary/aromatic N) is 1. The van der Waals surface area contributed by atoms with Crippen molar-refractivity contribution in [3.05, 3.63) is 39.9 Å².